The van der Waals surface area contributed by atoms with Crippen LogP contribution in [0.25, 0.3) is 0 Å². The summed E-state index contributed by atoms with van der Waals surface area (Å²) in [4.78, 5) is 12.4. The predicted molar refractivity (Wildman–Crippen MR) is 84.8 cm³/mol. The van der Waals surface area contributed by atoms with Gasteiger partial charge in [-0.3, -0.25) is 0 Å². The molecule has 7 nitrogen and oxygen atoms in total. The van der Waals surface area contributed by atoms with Crippen LogP contribution in [0.4, 0.5) is 26.3 Å². The fourth-order valence-corrected chi connectivity index (χ4v) is 3.61. The maximum Gasteiger partial charge on any atom is 0.519 e. The van der Waals surface area contributed by atoms with E-state index >= 15 is 0 Å². The third-order valence-electron chi connectivity index (χ3n) is 3.77. The Morgan fingerprint density at radius 3 is 2.39 bits per heavy atom. The molecule has 1 unspecified atom stereocenters. The molecule has 1 rings (SSSR count). The highest BCUT2D eigenvalue weighted by Crippen LogP contribution is 2.41. The van der Waals surface area contributed by atoms with Gasteiger partial charge < -0.3 is 9.64 Å². The van der Waals surface area contributed by atoms with Crippen LogP contribution >= 0.6 is 0 Å². The molecule has 0 fully saturated rings. The molecule has 0 radical (unpaired) electrons. The lowest BCUT2D eigenvalue weighted by Gasteiger charge is -2.40. The van der Waals surface area contributed by atoms with Crippen molar-refractivity contribution in [2.45, 2.75) is 31.6 Å². The fraction of sp³-hybridized carbons (Fsp3) is 0.643. The highest BCUT2D eigenvalue weighted by atomic mass is 32.2. The van der Waals surface area contributed by atoms with E-state index in [0.717, 1.165) is 6.20 Å². The zero-order valence-corrected chi connectivity index (χ0v) is 15.6. The van der Waals surface area contributed by atoms with E-state index in [0.29, 0.717) is 25.1 Å². The summed E-state index contributed by atoms with van der Waals surface area (Å²) in [5.74, 6) is -1.01. The maximum absolute atomic E-state index is 13.5. The van der Waals surface area contributed by atoms with Gasteiger partial charge in [0.1, 0.15) is 19.4 Å². The number of unbranched alkanes of at least 4 members (excludes halogenated alkanes) is 1. The fourth-order valence-electron chi connectivity index (χ4n) is 2.53. The minimum atomic E-state index is -6.80. The lowest BCUT2D eigenvalue weighted by atomic mass is 10.3. The number of nitrogens with zero attached hydrogens (tertiary/aromatic N) is 3. The molecule has 0 spiro atoms. The zero-order chi connectivity index (χ0) is 21.8. The second-order valence-electron chi connectivity index (χ2n) is 5.85. The molecule has 0 aliphatic carbocycles. The van der Waals surface area contributed by atoms with Gasteiger partial charge in [-0.1, -0.05) is 19.9 Å². The monoisotopic (exact) mass is 440 g/mol. The number of carbonyl (C=O) groups excluding carboxylic acids is 1. The van der Waals surface area contributed by atoms with Gasteiger partial charge in [-0.25, -0.2) is 4.79 Å². The predicted octanol–water partition coefficient (Wildman–Crippen LogP) is 2.66. The Labute approximate surface area is 158 Å². The Kier molecular flexibility index (Phi) is 7.53. The lowest BCUT2D eigenvalue weighted by molar-refractivity contribution is -0.992. The van der Waals surface area contributed by atoms with Crippen LogP contribution in [0.3, 0.4) is 0 Å². The van der Waals surface area contributed by atoms with Crippen molar-refractivity contribution in [1.82, 2.24) is 9.31 Å². The molecule has 28 heavy (non-hydrogen) atoms. The molecule has 0 saturated heterocycles. The molecule has 0 aromatic heterocycles. The molecular weight excluding hydrogens is 420 g/mol. The Morgan fingerprint density at radius 2 is 1.93 bits per heavy atom. The summed E-state index contributed by atoms with van der Waals surface area (Å²) in [6, 6.07) is 0. The Hall–Kier alpha value is -1.80. The molecule has 1 heterocycles. The first kappa shape index (κ1) is 24.2. The number of halogens is 6. The first-order valence-corrected chi connectivity index (χ1v) is 9.43. The molecule has 1 aliphatic heterocycles. The average Bonchev–Trinajstić information content (AvgIpc) is 2.93. The summed E-state index contributed by atoms with van der Waals surface area (Å²) in [7, 11) is -6.80. The first-order valence-electron chi connectivity index (χ1n) is 7.99. The van der Waals surface area contributed by atoms with Gasteiger partial charge in [0.05, 0.1) is 10.6 Å². The molecule has 1 aliphatic rings. The number of ether oxygens (including phenoxy) is 1. The van der Waals surface area contributed by atoms with Crippen LogP contribution in [0.15, 0.2) is 25.1 Å². The van der Waals surface area contributed by atoms with Gasteiger partial charge in [0.2, 0.25) is 0 Å². The van der Waals surface area contributed by atoms with E-state index in [1.807, 2.05) is 0 Å². The van der Waals surface area contributed by atoms with Gasteiger partial charge >= 0.3 is 27.8 Å². The Balaban J connectivity index is 3.36. The van der Waals surface area contributed by atoms with Gasteiger partial charge in [0.15, 0.2) is 6.67 Å². The molecule has 0 aromatic carbocycles. The van der Waals surface area contributed by atoms with Gasteiger partial charge in [-0.2, -0.15) is 39.4 Å². The molecule has 0 saturated carbocycles. The van der Waals surface area contributed by atoms with Gasteiger partial charge in [-0.15, -0.1) is 0 Å². The second-order valence-corrected chi connectivity index (χ2v) is 7.61. The molecule has 0 amide bonds. The quantitative estimate of drug-likeness (QED) is 0.181. The number of alkyl halides is 6. The molecule has 0 N–H and O–H groups in total. The summed E-state index contributed by atoms with van der Waals surface area (Å²) >= 11 is 0. The smallest absolute Gasteiger partial charge is 0.456 e. The van der Waals surface area contributed by atoms with E-state index in [9.17, 15) is 39.6 Å². The van der Waals surface area contributed by atoms with E-state index in [1.165, 1.54) is 4.90 Å². The summed E-state index contributed by atoms with van der Waals surface area (Å²) in [6.07, 6.45) is -2.21. The third-order valence-corrected chi connectivity index (χ3v) is 5.34. The number of carbonyl (C=O) groups is 1. The highest BCUT2D eigenvalue weighted by Gasteiger charge is 2.68. The average molecular weight is 440 g/mol. The number of hydrogen-bond acceptors (Lipinski definition) is 5. The van der Waals surface area contributed by atoms with Crippen LogP contribution in [0.1, 0.15) is 19.8 Å². The normalized spacial score (nSPS) is 20.6. The minimum absolute atomic E-state index is 0.206. The lowest BCUT2D eigenvalue weighted by Crippen LogP contribution is -2.67. The van der Waals surface area contributed by atoms with Crippen molar-refractivity contribution in [3.05, 3.63) is 25.1 Å². The maximum atomic E-state index is 13.5. The van der Waals surface area contributed by atoms with Crippen LogP contribution in [-0.4, -0.2) is 66.5 Å². The Morgan fingerprint density at radius 1 is 1.32 bits per heavy atom. The van der Waals surface area contributed by atoms with E-state index in [2.05, 4.69) is 11.3 Å². The van der Waals surface area contributed by atoms with Crippen LogP contribution in [0, 0.1) is 0 Å². The minimum Gasteiger partial charge on any atom is -0.456 e. The number of hydrogen-bond donors (Lipinski definition) is 0. The highest BCUT2D eigenvalue weighted by molar-refractivity contribution is 7.89. The van der Waals surface area contributed by atoms with Gasteiger partial charge in [0.25, 0.3) is 0 Å². The van der Waals surface area contributed by atoms with Gasteiger partial charge in [-0.05, 0) is 6.42 Å². The SMILES string of the molecule is C=CC(=O)OCC[N+]1(N(C(F)(F)F)S(=O)(=O)C(F)(F)F)C=CN(CCCC)C1. The van der Waals surface area contributed by atoms with E-state index in [4.69, 9.17) is 0 Å². The number of sulfonamides is 1. The van der Waals surface area contributed by atoms with Crippen molar-refractivity contribution in [1.29, 1.82) is 0 Å². The molecule has 1 atom stereocenters. The summed E-state index contributed by atoms with van der Waals surface area (Å²) in [6.45, 7) is 2.69. The molecule has 0 aromatic rings. The Bertz CT molecular complexity index is 707. The van der Waals surface area contributed by atoms with Crippen molar-refractivity contribution in [2.24, 2.45) is 0 Å². The van der Waals surface area contributed by atoms with E-state index in [-0.39, 0.29) is 6.54 Å². The number of quaternary nitrogens is 1. The molecule has 0 bridgehead atoms. The molecule has 14 heteroatoms. The number of esters is 1. The molecule has 162 valence electrons. The van der Waals surface area contributed by atoms with E-state index < -0.39 is 56.6 Å². The van der Waals surface area contributed by atoms with Crippen molar-refractivity contribution in [2.75, 3.05) is 26.4 Å². The van der Waals surface area contributed by atoms with Gasteiger partial charge in [0, 0.05) is 12.6 Å². The van der Waals surface area contributed by atoms with Crippen molar-refractivity contribution < 1.29 is 48.9 Å². The largest absolute Gasteiger partial charge is 0.519 e. The van der Waals surface area contributed by atoms with Crippen molar-refractivity contribution >= 4 is 16.0 Å². The summed E-state index contributed by atoms with van der Waals surface area (Å²) in [5, 5.41) is 0. The first-order chi connectivity index (χ1) is 12.7. The summed E-state index contributed by atoms with van der Waals surface area (Å²) in [5.41, 5.74) is -6.18. The third kappa shape index (κ3) is 5.38. The van der Waals surface area contributed by atoms with Crippen molar-refractivity contribution in [3.63, 3.8) is 0 Å². The van der Waals surface area contributed by atoms with Crippen LogP contribution in [0.5, 0.6) is 0 Å². The zero-order valence-electron chi connectivity index (χ0n) is 14.8. The van der Waals surface area contributed by atoms with E-state index in [1.54, 1.807) is 6.92 Å². The van der Waals surface area contributed by atoms with Crippen LogP contribution < -0.4 is 0 Å². The topological polar surface area (TPSA) is 66.9 Å². The van der Waals surface area contributed by atoms with Crippen LogP contribution in [-0.2, 0) is 19.6 Å². The number of rotatable bonds is 9. The van der Waals surface area contributed by atoms with Crippen LogP contribution in [0.2, 0.25) is 0 Å². The standard InChI is InChI=1S/C14H20F6N3O4S/c1-3-5-6-21-7-8-23(11-21,9-10-27-12(24)4-2)22(13(15,16)17)28(25,26)14(18,19)20/h4,7-8H,2-3,5-6,9-11H2,1H3/q+1. The summed E-state index contributed by atoms with van der Waals surface area (Å²) < 4.78 is 104. The van der Waals surface area contributed by atoms with Crippen molar-refractivity contribution in [3.8, 4) is 0 Å². The molecular formula is C14H20F6N3O4S+. The second kappa shape index (κ2) is 8.69.